The SMILES string of the molecule is CC(C)n1cc(C(=O)Nc2ccc(Oc3ccnc(Cl)c3)cc2)c(=O)n(-c2ccccc2)c1=O. The van der Waals surface area contributed by atoms with E-state index in [0.29, 0.717) is 28.0 Å². The molecule has 8 nitrogen and oxygen atoms in total. The maximum atomic E-state index is 13.1. The van der Waals surface area contributed by atoms with Crippen LogP contribution in [0.2, 0.25) is 5.15 Å². The number of para-hydroxylation sites is 1. The number of aromatic nitrogens is 3. The topological polar surface area (TPSA) is 95.2 Å². The lowest BCUT2D eigenvalue weighted by Crippen LogP contribution is -2.42. The molecule has 2 aromatic carbocycles. The molecule has 0 spiro atoms. The van der Waals surface area contributed by atoms with Crippen molar-refractivity contribution in [3.05, 3.63) is 111 Å². The van der Waals surface area contributed by atoms with Crippen LogP contribution in [0.25, 0.3) is 5.69 Å². The number of amides is 1. The van der Waals surface area contributed by atoms with E-state index in [9.17, 15) is 14.4 Å². The van der Waals surface area contributed by atoms with Gasteiger partial charge in [0.15, 0.2) is 0 Å². The van der Waals surface area contributed by atoms with Gasteiger partial charge in [-0.1, -0.05) is 29.8 Å². The van der Waals surface area contributed by atoms with E-state index >= 15 is 0 Å². The van der Waals surface area contributed by atoms with Gasteiger partial charge in [0.25, 0.3) is 11.5 Å². The fourth-order valence-corrected chi connectivity index (χ4v) is 3.46. The predicted molar refractivity (Wildman–Crippen MR) is 130 cm³/mol. The fraction of sp³-hybridized carbons (Fsp3) is 0.120. The number of nitrogens with one attached hydrogen (secondary N) is 1. The van der Waals surface area contributed by atoms with Gasteiger partial charge in [-0.3, -0.25) is 14.2 Å². The maximum Gasteiger partial charge on any atom is 0.335 e. The van der Waals surface area contributed by atoms with E-state index in [2.05, 4.69) is 10.3 Å². The van der Waals surface area contributed by atoms with E-state index in [4.69, 9.17) is 16.3 Å². The zero-order valence-electron chi connectivity index (χ0n) is 18.4. The summed E-state index contributed by atoms with van der Waals surface area (Å²) in [6.07, 6.45) is 2.83. The van der Waals surface area contributed by atoms with Gasteiger partial charge < -0.3 is 10.1 Å². The molecule has 0 saturated heterocycles. The zero-order chi connectivity index (χ0) is 24.2. The Hall–Kier alpha value is -4.17. The van der Waals surface area contributed by atoms with Gasteiger partial charge in [-0.15, -0.1) is 0 Å². The summed E-state index contributed by atoms with van der Waals surface area (Å²) in [7, 11) is 0. The molecular weight excluding hydrogens is 456 g/mol. The number of rotatable bonds is 6. The summed E-state index contributed by atoms with van der Waals surface area (Å²) in [6, 6.07) is 18.1. The zero-order valence-corrected chi connectivity index (χ0v) is 19.2. The van der Waals surface area contributed by atoms with Crippen LogP contribution < -0.4 is 21.3 Å². The Bertz CT molecular complexity index is 1440. The first-order chi connectivity index (χ1) is 16.3. The van der Waals surface area contributed by atoms with Crippen molar-refractivity contribution in [1.29, 1.82) is 0 Å². The highest BCUT2D eigenvalue weighted by molar-refractivity contribution is 6.29. The number of anilines is 1. The molecule has 0 aliphatic heterocycles. The molecular formula is C25H21ClN4O4. The van der Waals surface area contributed by atoms with Gasteiger partial charge in [0.05, 0.1) is 5.69 Å². The molecule has 0 unspecified atom stereocenters. The molecule has 0 aliphatic rings. The van der Waals surface area contributed by atoms with Crippen molar-refractivity contribution >= 4 is 23.2 Å². The van der Waals surface area contributed by atoms with Crippen molar-refractivity contribution in [3.8, 4) is 17.2 Å². The molecule has 172 valence electrons. The lowest BCUT2D eigenvalue weighted by molar-refractivity contribution is 0.102. The number of hydrogen-bond donors (Lipinski definition) is 1. The standard InChI is InChI=1S/C25H21ClN4O4/c1-16(2)29-15-21(24(32)30(25(29)33)18-6-4-3-5-7-18)23(31)28-17-8-10-19(11-9-17)34-20-12-13-27-22(26)14-20/h3-16H,1-2H3,(H,28,31). The minimum atomic E-state index is -0.694. The summed E-state index contributed by atoms with van der Waals surface area (Å²) >= 11 is 5.87. The second-order valence-corrected chi connectivity index (χ2v) is 8.08. The highest BCUT2D eigenvalue weighted by Gasteiger charge is 2.19. The average Bonchev–Trinajstić information content (AvgIpc) is 2.81. The molecule has 9 heteroatoms. The number of nitrogens with zero attached hydrogens (tertiary/aromatic N) is 3. The molecule has 1 amide bonds. The Balaban J connectivity index is 1.62. The Labute approximate surface area is 200 Å². The highest BCUT2D eigenvalue weighted by atomic mass is 35.5. The number of hydrogen-bond acceptors (Lipinski definition) is 5. The molecule has 1 N–H and O–H groups in total. The Morgan fingerprint density at radius 1 is 1.00 bits per heavy atom. The van der Waals surface area contributed by atoms with Gasteiger partial charge in [0.1, 0.15) is 22.2 Å². The first-order valence-corrected chi connectivity index (χ1v) is 10.9. The van der Waals surface area contributed by atoms with Crippen molar-refractivity contribution in [2.75, 3.05) is 5.32 Å². The van der Waals surface area contributed by atoms with Gasteiger partial charge in [-0.25, -0.2) is 14.3 Å². The fourth-order valence-electron chi connectivity index (χ4n) is 3.29. The number of halogens is 1. The van der Waals surface area contributed by atoms with E-state index in [1.807, 2.05) is 0 Å². The van der Waals surface area contributed by atoms with Crippen molar-refractivity contribution in [2.45, 2.75) is 19.9 Å². The normalized spacial score (nSPS) is 10.8. The lowest BCUT2D eigenvalue weighted by atomic mass is 10.2. The quantitative estimate of drug-likeness (QED) is 0.408. The molecule has 4 aromatic rings. The first kappa shape index (κ1) is 23.0. The van der Waals surface area contributed by atoms with E-state index in [0.717, 1.165) is 4.57 Å². The molecule has 0 aliphatic carbocycles. The van der Waals surface area contributed by atoms with Crippen LogP contribution in [0.5, 0.6) is 11.5 Å². The average molecular weight is 477 g/mol. The van der Waals surface area contributed by atoms with Crippen molar-refractivity contribution in [3.63, 3.8) is 0 Å². The number of pyridine rings is 1. The smallest absolute Gasteiger partial charge is 0.335 e. The Morgan fingerprint density at radius 2 is 1.71 bits per heavy atom. The third-order valence-corrected chi connectivity index (χ3v) is 5.18. The third kappa shape index (κ3) is 4.92. The van der Waals surface area contributed by atoms with Gasteiger partial charge in [-0.2, -0.15) is 0 Å². The summed E-state index contributed by atoms with van der Waals surface area (Å²) in [4.78, 5) is 43.0. The van der Waals surface area contributed by atoms with Gasteiger partial charge in [0.2, 0.25) is 0 Å². The van der Waals surface area contributed by atoms with Crippen LogP contribution in [-0.2, 0) is 0 Å². The largest absolute Gasteiger partial charge is 0.457 e. The van der Waals surface area contributed by atoms with Crippen LogP contribution in [0, 0.1) is 0 Å². The molecule has 0 saturated carbocycles. The van der Waals surface area contributed by atoms with E-state index < -0.39 is 17.2 Å². The second-order valence-electron chi connectivity index (χ2n) is 7.70. The van der Waals surface area contributed by atoms with Crippen molar-refractivity contribution < 1.29 is 9.53 Å². The van der Waals surface area contributed by atoms with Crippen molar-refractivity contribution in [1.82, 2.24) is 14.1 Å². The monoisotopic (exact) mass is 476 g/mol. The maximum absolute atomic E-state index is 13.1. The van der Waals surface area contributed by atoms with Crippen LogP contribution >= 0.6 is 11.6 Å². The first-order valence-electron chi connectivity index (χ1n) is 10.5. The highest BCUT2D eigenvalue weighted by Crippen LogP contribution is 2.24. The number of benzene rings is 2. The van der Waals surface area contributed by atoms with Crippen LogP contribution in [-0.4, -0.2) is 20.0 Å². The molecule has 0 radical (unpaired) electrons. The summed E-state index contributed by atoms with van der Waals surface area (Å²) in [5.74, 6) is 0.424. The molecule has 2 heterocycles. The molecule has 0 bridgehead atoms. The van der Waals surface area contributed by atoms with Crippen LogP contribution in [0.3, 0.4) is 0 Å². The molecule has 2 aromatic heterocycles. The number of carbonyl (C=O) groups excluding carboxylic acids is 1. The summed E-state index contributed by atoms with van der Waals surface area (Å²) in [6.45, 7) is 3.61. The van der Waals surface area contributed by atoms with Gasteiger partial charge >= 0.3 is 5.69 Å². The van der Waals surface area contributed by atoms with Crippen LogP contribution in [0.1, 0.15) is 30.2 Å². The van der Waals surface area contributed by atoms with Gasteiger partial charge in [-0.05, 0) is 56.3 Å². The predicted octanol–water partition coefficient (Wildman–Crippen LogP) is 4.67. The summed E-state index contributed by atoms with van der Waals surface area (Å²) in [5.41, 5.74) is -0.512. The van der Waals surface area contributed by atoms with E-state index in [-0.39, 0.29) is 11.6 Å². The summed E-state index contributed by atoms with van der Waals surface area (Å²) < 4.78 is 8.08. The minimum absolute atomic E-state index is 0.149. The molecule has 0 fully saturated rings. The number of ether oxygens (including phenoxy) is 1. The van der Waals surface area contributed by atoms with E-state index in [1.54, 1.807) is 80.6 Å². The molecule has 34 heavy (non-hydrogen) atoms. The minimum Gasteiger partial charge on any atom is -0.457 e. The number of carbonyl (C=O) groups is 1. The molecule has 0 atom stereocenters. The lowest BCUT2D eigenvalue weighted by Gasteiger charge is -2.15. The Kier molecular flexibility index (Phi) is 6.60. The molecule has 4 rings (SSSR count). The van der Waals surface area contributed by atoms with E-state index in [1.165, 1.54) is 17.0 Å². The van der Waals surface area contributed by atoms with Gasteiger partial charge in [0, 0.05) is 30.2 Å². The van der Waals surface area contributed by atoms with Crippen molar-refractivity contribution in [2.24, 2.45) is 0 Å². The van der Waals surface area contributed by atoms with Crippen LogP contribution in [0.4, 0.5) is 5.69 Å². The third-order valence-electron chi connectivity index (χ3n) is 4.98. The Morgan fingerprint density at radius 3 is 2.35 bits per heavy atom. The summed E-state index contributed by atoms with van der Waals surface area (Å²) in [5, 5.41) is 3.02. The van der Waals surface area contributed by atoms with Crippen LogP contribution in [0.15, 0.2) is 88.7 Å². The second kappa shape index (κ2) is 9.76.